The molecule has 0 atom stereocenters. The third kappa shape index (κ3) is 3.41. The molecule has 0 radical (unpaired) electrons. The molecule has 0 aromatic carbocycles. The maximum absolute atomic E-state index is 10.5. The quantitative estimate of drug-likeness (QED) is 0.759. The number of likely N-dealkylation sites (N-methyl/N-ethyl adjacent to an activating group) is 1. The molecule has 15 heavy (non-hydrogen) atoms. The molecule has 6 nitrogen and oxygen atoms in total. The Morgan fingerprint density at radius 2 is 2.33 bits per heavy atom. The summed E-state index contributed by atoms with van der Waals surface area (Å²) >= 11 is 0. The van der Waals surface area contributed by atoms with Gasteiger partial charge in [0.15, 0.2) is 0 Å². The fourth-order valence-corrected chi connectivity index (χ4v) is 1.05. The first kappa shape index (κ1) is 11.2. The van der Waals surface area contributed by atoms with Gasteiger partial charge in [-0.05, 0) is 6.92 Å². The van der Waals surface area contributed by atoms with Crippen molar-refractivity contribution in [1.29, 1.82) is 0 Å². The van der Waals surface area contributed by atoms with Crippen molar-refractivity contribution in [3.8, 4) is 5.88 Å². The van der Waals surface area contributed by atoms with Gasteiger partial charge < -0.3 is 14.7 Å². The number of carboxylic acids is 1. The topological polar surface area (TPSA) is 75.5 Å². The molecule has 6 heteroatoms. The van der Waals surface area contributed by atoms with Crippen molar-refractivity contribution in [2.24, 2.45) is 0 Å². The van der Waals surface area contributed by atoms with Crippen molar-refractivity contribution >= 4 is 11.8 Å². The average molecular weight is 211 g/mol. The molecule has 0 amide bonds. The molecule has 0 aliphatic heterocycles. The molecule has 1 rings (SSSR count). The molecule has 0 unspecified atom stereocenters. The summed E-state index contributed by atoms with van der Waals surface area (Å²) in [5.74, 6) is 0.0599. The van der Waals surface area contributed by atoms with Crippen LogP contribution in [-0.4, -0.2) is 41.2 Å². The van der Waals surface area contributed by atoms with Gasteiger partial charge in [0.2, 0.25) is 5.88 Å². The predicted octanol–water partition coefficient (Wildman–Crippen LogP) is 0.396. The van der Waals surface area contributed by atoms with E-state index in [1.165, 1.54) is 11.2 Å². The van der Waals surface area contributed by atoms with E-state index in [4.69, 9.17) is 9.84 Å². The zero-order valence-electron chi connectivity index (χ0n) is 8.67. The standard InChI is InChI=1S/C9H13N3O3/c1-3-15-8-4-7(10-6-11-8)12(2)5-9(13)14/h4,6H,3,5H2,1-2H3,(H,13,14). The van der Waals surface area contributed by atoms with Crippen LogP contribution in [0.25, 0.3) is 0 Å². The van der Waals surface area contributed by atoms with Crippen LogP contribution in [0.5, 0.6) is 5.88 Å². The van der Waals surface area contributed by atoms with E-state index >= 15 is 0 Å². The van der Waals surface area contributed by atoms with Gasteiger partial charge in [0, 0.05) is 13.1 Å². The van der Waals surface area contributed by atoms with Crippen LogP contribution < -0.4 is 9.64 Å². The van der Waals surface area contributed by atoms with Crippen LogP contribution in [0.2, 0.25) is 0 Å². The van der Waals surface area contributed by atoms with E-state index in [9.17, 15) is 4.79 Å². The number of ether oxygens (including phenoxy) is 1. The average Bonchev–Trinajstić information content (AvgIpc) is 2.17. The van der Waals surface area contributed by atoms with Crippen LogP contribution >= 0.6 is 0 Å². The van der Waals surface area contributed by atoms with Crippen molar-refractivity contribution in [2.45, 2.75) is 6.92 Å². The number of hydrogen-bond acceptors (Lipinski definition) is 5. The molecular weight excluding hydrogens is 198 g/mol. The summed E-state index contributed by atoms with van der Waals surface area (Å²) in [6.45, 7) is 2.25. The molecule has 0 saturated carbocycles. The van der Waals surface area contributed by atoms with E-state index in [1.807, 2.05) is 6.92 Å². The smallest absolute Gasteiger partial charge is 0.323 e. The van der Waals surface area contributed by atoms with E-state index in [-0.39, 0.29) is 6.54 Å². The Balaban J connectivity index is 2.75. The van der Waals surface area contributed by atoms with E-state index in [0.717, 1.165) is 0 Å². The highest BCUT2D eigenvalue weighted by Gasteiger charge is 2.08. The fourth-order valence-electron chi connectivity index (χ4n) is 1.05. The largest absolute Gasteiger partial charge is 0.480 e. The van der Waals surface area contributed by atoms with E-state index in [0.29, 0.717) is 18.3 Å². The van der Waals surface area contributed by atoms with Crippen LogP contribution in [0.1, 0.15) is 6.92 Å². The lowest BCUT2D eigenvalue weighted by Gasteiger charge is -2.15. The zero-order valence-corrected chi connectivity index (χ0v) is 8.67. The molecule has 0 spiro atoms. The lowest BCUT2D eigenvalue weighted by atomic mass is 10.5. The van der Waals surface area contributed by atoms with Gasteiger partial charge in [-0.1, -0.05) is 0 Å². The number of aromatic nitrogens is 2. The molecule has 1 N–H and O–H groups in total. The summed E-state index contributed by atoms with van der Waals surface area (Å²) in [7, 11) is 1.65. The highest BCUT2D eigenvalue weighted by atomic mass is 16.5. The Morgan fingerprint density at radius 3 is 2.93 bits per heavy atom. The van der Waals surface area contributed by atoms with Crippen LogP contribution in [0.4, 0.5) is 5.82 Å². The van der Waals surface area contributed by atoms with E-state index in [1.54, 1.807) is 13.1 Å². The van der Waals surface area contributed by atoms with Gasteiger partial charge >= 0.3 is 5.97 Å². The van der Waals surface area contributed by atoms with Gasteiger partial charge in [-0.15, -0.1) is 0 Å². The summed E-state index contributed by atoms with van der Waals surface area (Å²) in [5.41, 5.74) is 0. The zero-order chi connectivity index (χ0) is 11.3. The van der Waals surface area contributed by atoms with E-state index in [2.05, 4.69) is 9.97 Å². The normalized spacial score (nSPS) is 9.73. The number of nitrogens with zero attached hydrogens (tertiary/aromatic N) is 3. The third-order valence-electron chi connectivity index (χ3n) is 1.68. The van der Waals surface area contributed by atoms with Crippen molar-refractivity contribution in [1.82, 2.24) is 9.97 Å². The molecule has 1 aromatic rings. The predicted molar refractivity (Wildman–Crippen MR) is 54.1 cm³/mol. The Morgan fingerprint density at radius 1 is 1.60 bits per heavy atom. The van der Waals surface area contributed by atoms with Gasteiger partial charge in [0.05, 0.1) is 6.61 Å². The SMILES string of the molecule is CCOc1cc(N(C)CC(=O)O)ncn1. The van der Waals surface area contributed by atoms with Crippen molar-refractivity contribution in [3.05, 3.63) is 12.4 Å². The van der Waals surface area contributed by atoms with Crippen molar-refractivity contribution in [3.63, 3.8) is 0 Å². The van der Waals surface area contributed by atoms with Crippen LogP contribution in [0.3, 0.4) is 0 Å². The summed E-state index contributed by atoms with van der Waals surface area (Å²) in [6, 6.07) is 1.60. The van der Waals surface area contributed by atoms with Crippen LogP contribution in [-0.2, 0) is 4.79 Å². The first-order valence-corrected chi connectivity index (χ1v) is 4.51. The monoisotopic (exact) mass is 211 g/mol. The Labute approximate surface area is 87.5 Å². The second-order valence-electron chi connectivity index (χ2n) is 2.90. The van der Waals surface area contributed by atoms with Gasteiger partial charge in [-0.2, -0.15) is 0 Å². The van der Waals surface area contributed by atoms with E-state index < -0.39 is 5.97 Å². The number of anilines is 1. The Bertz CT molecular complexity index is 343. The van der Waals surface area contributed by atoms with Crippen LogP contribution in [0.15, 0.2) is 12.4 Å². The molecule has 0 aliphatic carbocycles. The molecule has 0 saturated heterocycles. The van der Waals surface area contributed by atoms with Crippen LogP contribution in [0, 0.1) is 0 Å². The fraction of sp³-hybridized carbons (Fsp3) is 0.444. The molecule has 0 bridgehead atoms. The second-order valence-corrected chi connectivity index (χ2v) is 2.90. The summed E-state index contributed by atoms with van der Waals surface area (Å²) < 4.78 is 5.18. The number of carboxylic acid groups (broad SMARTS) is 1. The second kappa shape index (κ2) is 5.14. The van der Waals surface area contributed by atoms with Crippen molar-refractivity contribution < 1.29 is 14.6 Å². The maximum Gasteiger partial charge on any atom is 0.323 e. The lowest BCUT2D eigenvalue weighted by Crippen LogP contribution is -2.25. The van der Waals surface area contributed by atoms with Gasteiger partial charge in [-0.25, -0.2) is 9.97 Å². The minimum Gasteiger partial charge on any atom is -0.480 e. The molecular formula is C9H13N3O3. The summed E-state index contributed by atoms with van der Waals surface area (Å²) in [6.07, 6.45) is 1.35. The molecule has 0 aliphatic rings. The Hall–Kier alpha value is -1.85. The highest BCUT2D eigenvalue weighted by Crippen LogP contribution is 2.13. The van der Waals surface area contributed by atoms with Gasteiger partial charge in [0.1, 0.15) is 18.7 Å². The first-order chi connectivity index (χ1) is 7.13. The van der Waals surface area contributed by atoms with Crippen molar-refractivity contribution in [2.75, 3.05) is 25.1 Å². The Kier molecular flexibility index (Phi) is 3.84. The van der Waals surface area contributed by atoms with Gasteiger partial charge in [0.25, 0.3) is 0 Å². The van der Waals surface area contributed by atoms with Gasteiger partial charge in [-0.3, -0.25) is 4.79 Å². The maximum atomic E-state index is 10.5. The third-order valence-corrected chi connectivity index (χ3v) is 1.68. The highest BCUT2D eigenvalue weighted by molar-refractivity contribution is 5.72. The molecule has 1 heterocycles. The summed E-state index contributed by atoms with van der Waals surface area (Å²) in [5, 5.41) is 8.60. The first-order valence-electron chi connectivity index (χ1n) is 4.51. The number of carbonyl (C=O) groups is 1. The molecule has 82 valence electrons. The molecule has 0 fully saturated rings. The lowest BCUT2D eigenvalue weighted by molar-refractivity contribution is -0.135. The summed E-state index contributed by atoms with van der Waals surface area (Å²) in [4.78, 5) is 19.8. The minimum atomic E-state index is -0.908. The minimum absolute atomic E-state index is 0.109. The molecule has 1 aromatic heterocycles. The number of aliphatic carboxylic acids is 1. The number of hydrogen-bond donors (Lipinski definition) is 1. The number of rotatable bonds is 5.